The molecule has 4 nitrogen and oxygen atoms in total. The summed E-state index contributed by atoms with van der Waals surface area (Å²) >= 11 is 0. The Bertz CT molecular complexity index is 289. The average Bonchev–Trinajstić information content (AvgIpc) is 2.09. The first-order valence-electron chi connectivity index (χ1n) is 4.10. The van der Waals surface area contributed by atoms with Crippen LogP contribution in [0.15, 0.2) is 18.2 Å². The number of nitrogens with two attached hydrogens (primary N) is 2. The van der Waals surface area contributed by atoms with E-state index in [1.54, 1.807) is 12.1 Å². The zero-order valence-electron chi connectivity index (χ0n) is 7.27. The Labute approximate surface area is 76.8 Å². The van der Waals surface area contributed by atoms with E-state index in [9.17, 15) is 5.11 Å². The second-order valence-electron chi connectivity index (χ2n) is 2.94. The Balaban J connectivity index is 2.91. The van der Waals surface area contributed by atoms with Crippen molar-refractivity contribution in [1.82, 2.24) is 0 Å². The lowest BCUT2D eigenvalue weighted by Crippen LogP contribution is -2.12. The number of aliphatic hydroxyl groups is 1. The minimum Gasteiger partial charge on any atom is -0.508 e. The van der Waals surface area contributed by atoms with Crippen molar-refractivity contribution < 1.29 is 10.2 Å². The van der Waals surface area contributed by atoms with Crippen molar-refractivity contribution in [3.63, 3.8) is 0 Å². The fraction of sp³-hybridized carbons (Fsp3) is 0.333. The lowest BCUT2D eigenvalue weighted by molar-refractivity contribution is 0.275. The highest BCUT2D eigenvalue weighted by atomic mass is 16.3. The van der Waals surface area contributed by atoms with Crippen LogP contribution in [0.2, 0.25) is 0 Å². The van der Waals surface area contributed by atoms with Gasteiger partial charge in [0.2, 0.25) is 0 Å². The molecule has 0 saturated heterocycles. The lowest BCUT2D eigenvalue weighted by atomic mass is 10.0. The molecule has 0 heterocycles. The maximum atomic E-state index is 9.41. The summed E-state index contributed by atoms with van der Waals surface area (Å²) in [6.07, 6.45) is 0.414. The standard InChI is InChI=1S/C9H14N2O2/c10-6-1-2-9(13)7(5-6)8(11)3-4-12/h1-2,5,8,12-13H,3-4,10-11H2/t8-/m0/s1. The summed E-state index contributed by atoms with van der Waals surface area (Å²) < 4.78 is 0. The quantitative estimate of drug-likeness (QED) is 0.401. The smallest absolute Gasteiger partial charge is 0.120 e. The van der Waals surface area contributed by atoms with Gasteiger partial charge in [-0.2, -0.15) is 0 Å². The molecule has 1 aromatic rings. The van der Waals surface area contributed by atoms with E-state index in [1.807, 2.05) is 0 Å². The zero-order chi connectivity index (χ0) is 9.84. The van der Waals surface area contributed by atoms with Gasteiger partial charge in [0.1, 0.15) is 5.75 Å². The minimum atomic E-state index is -0.367. The number of aliphatic hydroxyl groups excluding tert-OH is 1. The maximum absolute atomic E-state index is 9.41. The van der Waals surface area contributed by atoms with Crippen molar-refractivity contribution in [2.45, 2.75) is 12.5 Å². The molecule has 1 rings (SSSR count). The van der Waals surface area contributed by atoms with Gasteiger partial charge in [0.25, 0.3) is 0 Å². The van der Waals surface area contributed by atoms with Crippen molar-refractivity contribution in [3.05, 3.63) is 23.8 Å². The molecule has 0 radical (unpaired) electrons. The van der Waals surface area contributed by atoms with Crippen LogP contribution in [0.25, 0.3) is 0 Å². The van der Waals surface area contributed by atoms with E-state index in [0.717, 1.165) is 0 Å². The van der Waals surface area contributed by atoms with Gasteiger partial charge in [-0.3, -0.25) is 0 Å². The summed E-state index contributed by atoms with van der Waals surface area (Å²) in [5.41, 5.74) is 12.4. The van der Waals surface area contributed by atoms with Gasteiger partial charge >= 0.3 is 0 Å². The van der Waals surface area contributed by atoms with Gasteiger partial charge in [-0.1, -0.05) is 0 Å². The van der Waals surface area contributed by atoms with E-state index in [4.69, 9.17) is 16.6 Å². The summed E-state index contributed by atoms with van der Waals surface area (Å²) in [4.78, 5) is 0. The first-order chi connectivity index (χ1) is 6.15. The predicted octanol–water partition coefficient (Wildman–Crippen LogP) is 0.357. The predicted molar refractivity (Wildman–Crippen MR) is 51.2 cm³/mol. The molecule has 1 atom stereocenters. The number of hydrogen-bond acceptors (Lipinski definition) is 4. The fourth-order valence-corrected chi connectivity index (χ4v) is 1.16. The van der Waals surface area contributed by atoms with Crippen LogP contribution in [-0.2, 0) is 0 Å². The van der Waals surface area contributed by atoms with Crippen LogP contribution in [0.4, 0.5) is 5.69 Å². The van der Waals surface area contributed by atoms with Crippen molar-refractivity contribution >= 4 is 5.69 Å². The summed E-state index contributed by atoms with van der Waals surface area (Å²) in [5.74, 6) is 0.121. The highest BCUT2D eigenvalue weighted by Crippen LogP contribution is 2.26. The van der Waals surface area contributed by atoms with Crippen LogP contribution in [0.3, 0.4) is 0 Å². The Kier molecular flexibility index (Phi) is 3.11. The molecule has 1 aromatic carbocycles. The minimum absolute atomic E-state index is 0.00456. The molecule has 0 fully saturated rings. The van der Waals surface area contributed by atoms with Gasteiger partial charge < -0.3 is 21.7 Å². The van der Waals surface area contributed by atoms with Crippen LogP contribution in [0, 0.1) is 0 Å². The highest BCUT2D eigenvalue weighted by Gasteiger charge is 2.10. The first kappa shape index (κ1) is 9.83. The second-order valence-corrected chi connectivity index (χ2v) is 2.94. The summed E-state index contributed by atoms with van der Waals surface area (Å²) in [7, 11) is 0. The molecule has 72 valence electrons. The van der Waals surface area contributed by atoms with Crippen molar-refractivity contribution in [1.29, 1.82) is 0 Å². The van der Waals surface area contributed by atoms with Crippen LogP contribution in [0.1, 0.15) is 18.0 Å². The van der Waals surface area contributed by atoms with Gasteiger partial charge in [-0.25, -0.2) is 0 Å². The largest absolute Gasteiger partial charge is 0.508 e. The Morgan fingerprint density at radius 1 is 1.38 bits per heavy atom. The number of rotatable bonds is 3. The number of hydrogen-bond donors (Lipinski definition) is 4. The Morgan fingerprint density at radius 2 is 2.08 bits per heavy atom. The molecule has 0 spiro atoms. The Morgan fingerprint density at radius 3 is 2.69 bits per heavy atom. The van der Waals surface area contributed by atoms with Crippen LogP contribution in [-0.4, -0.2) is 16.8 Å². The molecular weight excluding hydrogens is 168 g/mol. The molecule has 0 aliphatic rings. The summed E-state index contributed by atoms with van der Waals surface area (Å²) in [5, 5.41) is 18.1. The van der Waals surface area contributed by atoms with E-state index in [2.05, 4.69) is 0 Å². The molecule has 13 heavy (non-hydrogen) atoms. The SMILES string of the molecule is Nc1ccc(O)c([C@@H](N)CCO)c1. The monoisotopic (exact) mass is 182 g/mol. The summed E-state index contributed by atoms with van der Waals surface area (Å²) in [6.45, 7) is -0.00456. The molecule has 4 heteroatoms. The lowest BCUT2D eigenvalue weighted by Gasteiger charge is -2.12. The normalized spacial score (nSPS) is 12.8. The van der Waals surface area contributed by atoms with Crippen molar-refractivity contribution in [2.75, 3.05) is 12.3 Å². The van der Waals surface area contributed by atoms with E-state index in [-0.39, 0.29) is 18.4 Å². The molecule has 0 saturated carbocycles. The second kappa shape index (κ2) is 4.11. The van der Waals surface area contributed by atoms with Crippen LogP contribution in [0.5, 0.6) is 5.75 Å². The molecule has 0 bridgehead atoms. The van der Waals surface area contributed by atoms with Crippen molar-refractivity contribution in [3.8, 4) is 5.75 Å². The topological polar surface area (TPSA) is 92.5 Å². The van der Waals surface area contributed by atoms with Gasteiger partial charge in [-0.15, -0.1) is 0 Å². The van der Waals surface area contributed by atoms with Gasteiger partial charge in [0, 0.05) is 23.9 Å². The van der Waals surface area contributed by atoms with E-state index in [1.165, 1.54) is 6.07 Å². The molecular formula is C9H14N2O2. The van der Waals surface area contributed by atoms with E-state index in [0.29, 0.717) is 17.7 Å². The van der Waals surface area contributed by atoms with E-state index >= 15 is 0 Å². The van der Waals surface area contributed by atoms with Gasteiger partial charge in [-0.05, 0) is 24.6 Å². The van der Waals surface area contributed by atoms with Crippen LogP contribution < -0.4 is 11.5 Å². The third-order valence-corrected chi connectivity index (χ3v) is 1.89. The van der Waals surface area contributed by atoms with Gasteiger partial charge in [0.05, 0.1) is 0 Å². The number of nitrogen functional groups attached to an aromatic ring is 1. The third kappa shape index (κ3) is 2.34. The highest BCUT2D eigenvalue weighted by molar-refractivity contribution is 5.48. The molecule has 0 aliphatic heterocycles. The zero-order valence-corrected chi connectivity index (χ0v) is 7.27. The molecule has 0 aliphatic carbocycles. The number of anilines is 1. The third-order valence-electron chi connectivity index (χ3n) is 1.89. The van der Waals surface area contributed by atoms with Crippen LogP contribution >= 0.6 is 0 Å². The number of benzene rings is 1. The summed E-state index contributed by atoms with van der Waals surface area (Å²) in [6, 6.07) is 4.36. The first-order valence-corrected chi connectivity index (χ1v) is 4.10. The maximum Gasteiger partial charge on any atom is 0.120 e. The molecule has 6 N–H and O–H groups in total. The number of phenolic OH excluding ortho intramolecular Hbond substituents is 1. The number of phenols is 1. The van der Waals surface area contributed by atoms with Crippen molar-refractivity contribution in [2.24, 2.45) is 5.73 Å². The Hall–Kier alpha value is -1.26. The van der Waals surface area contributed by atoms with E-state index < -0.39 is 0 Å². The number of aromatic hydroxyl groups is 1. The fourth-order valence-electron chi connectivity index (χ4n) is 1.16. The molecule has 0 aromatic heterocycles. The average molecular weight is 182 g/mol. The van der Waals surface area contributed by atoms with Gasteiger partial charge in [0.15, 0.2) is 0 Å². The molecule has 0 amide bonds. The molecule has 0 unspecified atom stereocenters.